The first kappa shape index (κ1) is 10.4. The second-order valence-corrected chi connectivity index (χ2v) is 2.93. The van der Waals surface area contributed by atoms with Crippen LogP contribution in [-0.4, -0.2) is 0 Å². The molecule has 0 N–H and O–H groups in total. The second kappa shape index (κ2) is 6.14. The van der Waals surface area contributed by atoms with Crippen LogP contribution >= 0.6 is 0 Å². The molecule has 11 heavy (non-hydrogen) atoms. The highest BCUT2D eigenvalue weighted by Crippen LogP contribution is 2.09. The fourth-order valence-electron chi connectivity index (χ4n) is 0.891. The van der Waals surface area contributed by atoms with Crippen LogP contribution in [0.1, 0.15) is 33.1 Å². The third-order valence-electron chi connectivity index (χ3n) is 1.62. The van der Waals surface area contributed by atoms with Crippen molar-refractivity contribution in [3.8, 4) is 0 Å². The zero-order chi connectivity index (χ0) is 8.69. The van der Waals surface area contributed by atoms with Crippen molar-refractivity contribution in [2.75, 3.05) is 0 Å². The largest absolute Gasteiger partial charge is 0.208 e. The Morgan fingerprint density at radius 3 is 2.73 bits per heavy atom. The van der Waals surface area contributed by atoms with Gasteiger partial charge in [0.25, 0.3) is 0 Å². The number of halogens is 1. The molecule has 0 unspecified atom stereocenters. The average Bonchev–Trinajstić information content (AvgIpc) is 1.97. The first-order chi connectivity index (χ1) is 5.16. The van der Waals surface area contributed by atoms with E-state index in [9.17, 15) is 4.39 Å². The van der Waals surface area contributed by atoms with Gasteiger partial charge in [0.15, 0.2) is 0 Å². The summed E-state index contributed by atoms with van der Waals surface area (Å²) >= 11 is 0. The van der Waals surface area contributed by atoms with Crippen LogP contribution in [0, 0.1) is 5.92 Å². The predicted molar refractivity (Wildman–Crippen MR) is 48.1 cm³/mol. The van der Waals surface area contributed by atoms with Gasteiger partial charge in [0.05, 0.1) is 0 Å². The van der Waals surface area contributed by atoms with Crippen molar-refractivity contribution in [3.63, 3.8) is 0 Å². The number of hydrogen-bond acceptors (Lipinski definition) is 0. The minimum atomic E-state index is -0.353. The van der Waals surface area contributed by atoms with E-state index >= 15 is 0 Å². The van der Waals surface area contributed by atoms with Crippen LogP contribution in [-0.2, 0) is 0 Å². The third kappa shape index (κ3) is 7.31. The van der Waals surface area contributed by atoms with Gasteiger partial charge in [-0.15, -0.1) is 0 Å². The fourth-order valence-corrected chi connectivity index (χ4v) is 0.891. The highest BCUT2D eigenvalue weighted by atomic mass is 19.1. The van der Waals surface area contributed by atoms with Crippen LogP contribution in [0.15, 0.2) is 24.6 Å². The molecule has 0 aromatic rings. The van der Waals surface area contributed by atoms with E-state index in [0.717, 1.165) is 6.42 Å². The van der Waals surface area contributed by atoms with Crippen molar-refractivity contribution in [2.24, 2.45) is 5.92 Å². The maximum absolute atomic E-state index is 12.1. The fraction of sp³-hybridized carbons (Fsp3) is 0.600. The molecule has 64 valence electrons. The number of hydrogen-bond donors (Lipinski definition) is 0. The van der Waals surface area contributed by atoms with Gasteiger partial charge in [0.2, 0.25) is 0 Å². The molecule has 1 heteroatoms. The number of unbranched alkanes of at least 4 members (excludes halogenated alkanes) is 1. The second-order valence-electron chi connectivity index (χ2n) is 2.93. The van der Waals surface area contributed by atoms with Gasteiger partial charge in [-0.1, -0.05) is 39.3 Å². The van der Waals surface area contributed by atoms with Gasteiger partial charge in [-0.3, -0.25) is 0 Å². The van der Waals surface area contributed by atoms with Gasteiger partial charge >= 0.3 is 0 Å². The van der Waals surface area contributed by atoms with Crippen LogP contribution in [0.5, 0.6) is 0 Å². The first-order valence-electron chi connectivity index (χ1n) is 4.19. The Morgan fingerprint density at radius 1 is 1.64 bits per heavy atom. The molecular weight excluding hydrogens is 139 g/mol. The average molecular weight is 156 g/mol. The summed E-state index contributed by atoms with van der Waals surface area (Å²) in [4.78, 5) is 0. The van der Waals surface area contributed by atoms with E-state index in [4.69, 9.17) is 0 Å². The maximum Gasteiger partial charge on any atom is 0.115 e. The van der Waals surface area contributed by atoms with E-state index in [2.05, 4.69) is 20.4 Å². The van der Waals surface area contributed by atoms with E-state index in [0.29, 0.717) is 5.92 Å². The lowest BCUT2D eigenvalue weighted by Gasteiger charge is -2.02. The molecule has 0 aliphatic rings. The Morgan fingerprint density at radius 2 is 2.27 bits per heavy atom. The SMILES string of the molecule is C=C(F)/C=C\[C@H](C)CCCC. The zero-order valence-electron chi connectivity index (χ0n) is 7.44. The lowest BCUT2D eigenvalue weighted by atomic mass is 10.0. The highest BCUT2D eigenvalue weighted by Gasteiger charge is 1.94. The summed E-state index contributed by atoms with van der Waals surface area (Å²) in [6.45, 7) is 7.40. The van der Waals surface area contributed by atoms with Gasteiger partial charge in [-0.05, 0) is 18.4 Å². The summed E-state index contributed by atoms with van der Waals surface area (Å²) in [6, 6.07) is 0. The van der Waals surface area contributed by atoms with Crippen molar-refractivity contribution < 1.29 is 4.39 Å². The zero-order valence-corrected chi connectivity index (χ0v) is 7.44. The van der Waals surface area contributed by atoms with Crippen LogP contribution in [0.4, 0.5) is 4.39 Å². The minimum absolute atomic E-state index is 0.353. The molecule has 0 aliphatic heterocycles. The molecule has 0 aromatic heterocycles. The molecule has 0 aromatic carbocycles. The maximum atomic E-state index is 12.1. The summed E-state index contributed by atoms with van der Waals surface area (Å²) in [5.41, 5.74) is 0. The van der Waals surface area contributed by atoms with Gasteiger partial charge < -0.3 is 0 Å². The van der Waals surface area contributed by atoms with Crippen molar-refractivity contribution >= 4 is 0 Å². The Kier molecular flexibility index (Phi) is 5.81. The summed E-state index contributed by atoms with van der Waals surface area (Å²) in [5, 5.41) is 0. The quantitative estimate of drug-likeness (QED) is 0.530. The van der Waals surface area contributed by atoms with Crippen molar-refractivity contribution in [3.05, 3.63) is 24.6 Å². The lowest BCUT2D eigenvalue weighted by molar-refractivity contribution is 0.594. The summed E-state index contributed by atoms with van der Waals surface area (Å²) in [5.74, 6) is 0.121. The molecule has 0 nitrogen and oxygen atoms in total. The smallest absolute Gasteiger partial charge is 0.115 e. The molecular formula is C10H17F. The molecule has 1 atom stereocenters. The van der Waals surface area contributed by atoms with E-state index in [1.807, 2.05) is 6.08 Å². The monoisotopic (exact) mass is 156 g/mol. The number of allylic oxidation sites excluding steroid dienone is 3. The van der Waals surface area contributed by atoms with Crippen molar-refractivity contribution in [2.45, 2.75) is 33.1 Å². The molecule has 0 rings (SSSR count). The summed E-state index contributed by atoms with van der Waals surface area (Å²) in [6.07, 6.45) is 6.87. The Bertz CT molecular complexity index is 136. The van der Waals surface area contributed by atoms with E-state index < -0.39 is 0 Å². The van der Waals surface area contributed by atoms with Gasteiger partial charge in [0, 0.05) is 0 Å². The number of rotatable bonds is 5. The topological polar surface area (TPSA) is 0 Å². The van der Waals surface area contributed by atoms with Crippen LogP contribution < -0.4 is 0 Å². The standard InChI is InChI=1S/C10H17F/c1-4-5-6-9(2)7-8-10(3)11/h7-9H,3-6H2,1-2H3/b8-7-/t9-/m1/s1. The summed E-state index contributed by atoms with van der Waals surface area (Å²) in [7, 11) is 0. The molecule has 0 spiro atoms. The van der Waals surface area contributed by atoms with Gasteiger partial charge in [-0.2, -0.15) is 0 Å². The molecule has 0 saturated heterocycles. The van der Waals surface area contributed by atoms with E-state index in [1.165, 1.54) is 18.9 Å². The van der Waals surface area contributed by atoms with Crippen molar-refractivity contribution in [1.82, 2.24) is 0 Å². The van der Waals surface area contributed by atoms with E-state index in [1.54, 1.807) is 0 Å². The molecule has 0 bridgehead atoms. The first-order valence-corrected chi connectivity index (χ1v) is 4.19. The van der Waals surface area contributed by atoms with Crippen LogP contribution in [0.25, 0.3) is 0 Å². The van der Waals surface area contributed by atoms with Crippen LogP contribution in [0.2, 0.25) is 0 Å². The summed E-state index contributed by atoms with van der Waals surface area (Å²) < 4.78 is 12.1. The predicted octanol–water partition coefficient (Wildman–Crippen LogP) is 3.85. The molecule has 0 heterocycles. The highest BCUT2D eigenvalue weighted by molar-refractivity contribution is 5.06. The van der Waals surface area contributed by atoms with Gasteiger partial charge in [-0.25, -0.2) is 4.39 Å². The van der Waals surface area contributed by atoms with Crippen LogP contribution in [0.3, 0.4) is 0 Å². The van der Waals surface area contributed by atoms with E-state index in [-0.39, 0.29) is 5.83 Å². The Hall–Kier alpha value is -0.590. The van der Waals surface area contributed by atoms with Gasteiger partial charge in [0.1, 0.15) is 5.83 Å². The minimum Gasteiger partial charge on any atom is -0.208 e. The molecule has 0 aliphatic carbocycles. The molecule has 0 radical (unpaired) electrons. The molecule has 0 amide bonds. The Labute approximate surface area is 68.8 Å². The molecule has 0 saturated carbocycles. The third-order valence-corrected chi connectivity index (χ3v) is 1.62. The molecule has 0 fully saturated rings. The Balaban J connectivity index is 3.50. The lowest BCUT2D eigenvalue weighted by Crippen LogP contribution is -1.88. The van der Waals surface area contributed by atoms with Crippen molar-refractivity contribution in [1.29, 1.82) is 0 Å². The normalized spacial score (nSPS) is 13.7.